The molecule has 19 heavy (non-hydrogen) atoms. The fourth-order valence-corrected chi connectivity index (χ4v) is 1.99. The highest BCUT2D eigenvalue weighted by molar-refractivity contribution is 5.80. The van der Waals surface area contributed by atoms with Gasteiger partial charge in [0.2, 0.25) is 0 Å². The van der Waals surface area contributed by atoms with E-state index in [1.165, 1.54) is 4.57 Å². The summed E-state index contributed by atoms with van der Waals surface area (Å²) in [6, 6.07) is 9.95. The normalized spacial score (nSPS) is 12.5. The van der Waals surface area contributed by atoms with Crippen LogP contribution < -0.4 is 4.98 Å². The first-order valence-electron chi connectivity index (χ1n) is 6.07. The van der Waals surface area contributed by atoms with E-state index in [1.54, 1.807) is 18.7 Å². The van der Waals surface area contributed by atoms with E-state index in [0.717, 1.165) is 16.6 Å². The number of rotatable bonds is 2. The predicted molar refractivity (Wildman–Crippen MR) is 69.6 cm³/mol. The molecule has 0 radical (unpaired) electrons. The van der Waals surface area contributed by atoms with E-state index in [-0.39, 0.29) is 6.10 Å². The van der Waals surface area contributed by atoms with E-state index < -0.39 is 6.09 Å². The number of aromatic amines is 2. The number of aromatic nitrogens is 3. The molecule has 2 aromatic heterocycles. The first-order valence-corrected chi connectivity index (χ1v) is 6.07. The SMILES string of the molecule is CC(OC(=O)n1cc[nH+]c1)c1cc2ccccc2[nH]1. The van der Waals surface area contributed by atoms with Crippen LogP contribution in [0.15, 0.2) is 49.1 Å². The van der Waals surface area contributed by atoms with Crippen LogP contribution in [0.1, 0.15) is 18.7 Å². The van der Waals surface area contributed by atoms with E-state index in [2.05, 4.69) is 9.97 Å². The zero-order valence-electron chi connectivity index (χ0n) is 10.5. The molecule has 0 aliphatic heterocycles. The molecule has 2 N–H and O–H groups in total. The Bertz CT molecular complexity index is 667. The molecule has 3 aromatic rings. The Morgan fingerprint density at radius 2 is 2.26 bits per heavy atom. The summed E-state index contributed by atoms with van der Waals surface area (Å²) in [5.41, 5.74) is 1.92. The Hall–Kier alpha value is -2.56. The molecule has 0 aliphatic rings. The highest BCUT2D eigenvalue weighted by Crippen LogP contribution is 2.22. The van der Waals surface area contributed by atoms with Crippen LogP contribution in [0.5, 0.6) is 0 Å². The topological polar surface area (TPSA) is 61.2 Å². The van der Waals surface area contributed by atoms with Crippen LogP contribution in [-0.2, 0) is 4.74 Å². The molecule has 0 amide bonds. The van der Waals surface area contributed by atoms with Crippen LogP contribution in [0.4, 0.5) is 4.79 Å². The standard InChI is InChI=1S/C14H13N3O2/c1-10(19-14(18)17-7-6-15-9-17)13-8-11-4-2-3-5-12(11)16-13/h2-10,16H,1H3/p+1. The molecule has 3 rings (SSSR count). The third-order valence-corrected chi connectivity index (χ3v) is 3.02. The quantitative estimate of drug-likeness (QED) is 0.765. The van der Waals surface area contributed by atoms with E-state index >= 15 is 0 Å². The Morgan fingerprint density at radius 1 is 1.42 bits per heavy atom. The zero-order chi connectivity index (χ0) is 13.2. The average molecular weight is 256 g/mol. The molecular weight excluding hydrogens is 242 g/mol. The van der Waals surface area contributed by atoms with Gasteiger partial charge in [-0.25, -0.2) is 4.98 Å². The first kappa shape index (κ1) is 11.5. The highest BCUT2D eigenvalue weighted by atomic mass is 16.6. The third kappa shape index (κ3) is 2.22. The molecule has 0 fully saturated rings. The number of fused-ring (bicyclic) bond motifs is 1. The number of carbonyl (C=O) groups excluding carboxylic acids is 1. The maximum absolute atomic E-state index is 11.8. The summed E-state index contributed by atoms with van der Waals surface area (Å²) < 4.78 is 6.74. The van der Waals surface area contributed by atoms with Gasteiger partial charge in [0.15, 0.2) is 0 Å². The number of carbonyl (C=O) groups is 1. The summed E-state index contributed by atoms with van der Waals surface area (Å²) in [7, 11) is 0. The van der Waals surface area contributed by atoms with Gasteiger partial charge in [-0.2, -0.15) is 4.79 Å². The van der Waals surface area contributed by atoms with Crippen LogP contribution in [0.3, 0.4) is 0 Å². The van der Waals surface area contributed by atoms with Gasteiger partial charge in [-0.15, -0.1) is 4.57 Å². The molecule has 5 nitrogen and oxygen atoms in total. The second-order valence-electron chi connectivity index (χ2n) is 4.36. The second-order valence-corrected chi connectivity index (χ2v) is 4.36. The van der Waals surface area contributed by atoms with Gasteiger partial charge in [-0.3, -0.25) is 0 Å². The van der Waals surface area contributed by atoms with Gasteiger partial charge in [0.05, 0.1) is 5.69 Å². The fourth-order valence-electron chi connectivity index (χ4n) is 1.99. The lowest BCUT2D eigenvalue weighted by Gasteiger charge is -2.08. The summed E-state index contributed by atoms with van der Waals surface area (Å²) in [5, 5.41) is 1.11. The Balaban J connectivity index is 1.80. The Morgan fingerprint density at radius 3 is 3.00 bits per heavy atom. The van der Waals surface area contributed by atoms with Crippen molar-refractivity contribution in [2.24, 2.45) is 0 Å². The van der Waals surface area contributed by atoms with Gasteiger partial charge in [0, 0.05) is 5.52 Å². The van der Waals surface area contributed by atoms with E-state index in [4.69, 9.17) is 4.74 Å². The van der Waals surface area contributed by atoms with Crippen LogP contribution in [0.2, 0.25) is 0 Å². The van der Waals surface area contributed by atoms with Crippen molar-refractivity contribution in [3.05, 3.63) is 54.7 Å². The van der Waals surface area contributed by atoms with Crippen molar-refractivity contribution < 1.29 is 14.5 Å². The molecule has 1 unspecified atom stereocenters. The van der Waals surface area contributed by atoms with E-state index in [9.17, 15) is 4.79 Å². The summed E-state index contributed by atoms with van der Waals surface area (Å²) in [6.45, 7) is 1.84. The largest absolute Gasteiger partial charge is 0.512 e. The lowest BCUT2D eigenvalue weighted by molar-refractivity contribution is -0.376. The monoisotopic (exact) mass is 256 g/mol. The molecule has 2 heterocycles. The summed E-state index contributed by atoms with van der Waals surface area (Å²) in [4.78, 5) is 17.9. The molecule has 5 heteroatoms. The number of para-hydroxylation sites is 1. The van der Waals surface area contributed by atoms with Gasteiger partial charge < -0.3 is 9.72 Å². The Kier molecular flexibility index (Phi) is 2.79. The second kappa shape index (κ2) is 4.61. The molecule has 0 bridgehead atoms. The molecule has 1 aromatic carbocycles. The highest BCUT2D eigenvalue weighted by Gasteiger charge is 2.18. The van der Waals surface area contributed by atoms with Crippen LogP contribution in [-0.4, -0.2) is 15.6 Å². The van der Waals surface area contributed by atoms with E-state index in [1.807, 2.05) is 37.3 Å². The minimum absolute atomic E-state index is 0.331. The maximum Gasteiger partial charge on any atom is 0.512 e. The summed E-state index contributed by atoms with van der Waals surface area (Å²) >= 11 is 0. The molecule has 96 valence electrons. The van der Waals surface area contributed by atoms with Crippen LogP contribution >= 0.6 is 0 Å². The number of hydrogen-bond donors (Lipinski definition) is 1. The van der Waals surface area contributed by atoms with Gasteiger partial charge in [0.1, 0.15) is 18.5 Å². The lowest BCUT2D eigenvalue weighted by Crippen LogP contribution is -2.15. The number of nitrogens with one attached hydrogen (secondary N) is 2. The van der Waals surface area contributed by atoms with Crippen molar-refractivity contribution in [1.29, 1.82) is 0 Å². The van der Waals surface area contributed by atoms with Gasteiger partial charge in [0.25, 0.3) is 6.33 Å². The maximum atomic E-state index is 11.8. The van der Waals surface area contributed by atoms with Crippen molar-refractivity contribution in [2.75, 3.05) is 0 Å². The van der Waals surface area contributed by atoms with Crippen LogP contribution in [0.25, 0.3) is 10.9 Å². The van der Waals surface area contributed by atoms with Crippen molar-refractivity contribution in [3.63, 3.8) is 0 Å². The number of imidazole rings is 1. The Labute approximate surface area is 109 Å². The number of benzene rings is 1. The fraction of sp³-hybridized carbons (Fsp3) is 0.143. The summed E-state index contributed by atoms with van der Waals surface area (Å²) in [6.07, 6.45) is 4.07. The number of H-pyrrole nitrogens is 2. The average Bonchev–Trinajstić information content (AvgIpc) is 3.07. The number of hydrogen-bond acceptors (Lipinski definition) is 2. The first-order chi connectivity index (χ1) is 9.24. The molecular formula is C14H14N3O2+. The summed E-state index contributed by atoms with van der Waals surface area (Å²) in [5.74, 6) is 0. The van der Waals surface area contributed by atoms with Crippen molar-refractivity contribution >= 4 is 17.0 Å². The van der Waals surface area contributed by atoms with Crippen LogP contribution in [0, 0.1) is 0 Å². The minimum Gasteiger partial charge on any atom is -0.421 e. The molecule has 0 saturated heterocycles. The number of nitrogens with zero attached hydrogens (tertiary/aromatic N) is 1. The van der Waals surface area contributed by atoms with Gasteiger partial charge in [-0.05, 0) is 24.4 Å². The van der Waals surface area contributed by atoms with Gasteiger partial charge >= 0.3 is 6.09 Å². The van der Waals surface area contributed by atoms with Gasteiger partial charge in [-0.1, -0.05) is 18.2 Å². The van der Waals surface area contributed by atoms with Crippen molar-refractivity contribution in [3.8, 4) is 0 Å². The minimum atomic E-state index is -0.410. The molecule has 1 atom stereocenters. The van der Waals surface area contributed by atoms with E-state index in [0.29, 0.717) is 0 Å². The predicted octanol–water partition coefficient (Wildman–Crippen LogP) is 2.53. The van der Waals surface area contributed by atoms with Crippen molar-refractivity contribution in [2.45, 2.75) is 13.0 Å². The van der Waals surface area contributed by atoms with Crippen molar-refractivity contribution in [1.82, 2.24) is 9.55 Å². The number of ether oxygens (including phenoxy) is 1. The third-order valence-electron chi connectivity index (χ3n) is 3.02. The molecule has 0 saturated carbocycles. The smallest absolute Gasteiger partial charge is 0.421 e. The zero-order valence-corrected chi connectivity index (χ0v) is 10.5. The molecule has 0 spiro atoms. The molecule has 0 aliphatic carbocycles. The lowest BCUT2D eigenvalue weighted by atomic mass is 10.2.